The fraction of sp³-hybridized carbons (Fsp3) is 0.200. The van der Waals surface area contributed by atoms with E-state index in [9.17, 15) is 9.59 Å². The van der Waals surface area contributed by atoms with E-state index in [2.05, 4.69) is 0 Å². The molecule has 1 aliphatic rings. The lowest BCUT2D eigenvalue weighted by Crippen LogP contribution is -2.21. The number of rotatable bonds is 7. The van der Waals surface area contributed by atoms with Crippen molar-refractivity contribution >= 4 is 11.8 Å². The third kappa shape index (κ3) is 4.82. The number of hydrogen-bond acceptors (Lipinski definition) is 5. The average Bonchev–Trinajstić information content (AvgIpc) is 2.83. The third-order valence-electron chi connectivity index (χ3n) is 5.00. The molecular weight excluding hydrogens is 396 g/mol. The summed E-state index contributed by atoms with van der Waals surface area (Å²) in [6, 6.07) is 20.9. The minimum atomic E-state index is -1.05. The van der Waals surface area contributed by atoms with Gasteiger partial charge in [-0.05, 0) is 30.2 Å². The number of carboxylic acid groups (broad SMARTS) is 1. The predicted molar refractivity (Wildman–Crippen MR) is 113 cm³/mol. The highest BCUT2D eigenvalue weighted by Gasteiger charge is 2.27. The molecule has 6 nitrogen and oxygen atoms in total. The Balaban J connectivity index is 1.70. The Morgan fingerprint density at radius 3 is 2.23 bits per heavy atom. The third-order valence-corrected chi connectivity index (χ3v) is 5.00. The minimum Gasteiger partial charge on any atom is -0.488 e. The molecule has 1 aliphatic heterocycles. The molecule has 6 heteroatoms. The molecule has 0 aromatic heterocycles. The normalized spacial score (nSPS) is 14.2. The lowest BCUT2D eigenvalue weighted by molar-refractivity contribution is -0.183. The topological polar surface area (TPSA) is 82.1 Å². The molecule has 0 amide bonds. The van der Waals surface area contributed by atoms with Crippen LogP contribution in [-0.4, -0.2) is 30.1 Å². The fourth-order valence-electron chi connectivity index (χ4n) is 3.42. The second-order valence-corrected chi connectivity index (χ2v) is 7.13. The summed E-state index contributed by atoms with van der Waals surface area (Å²) in [6.07, 6.45) is 0.131. The van der Waals surface area contributed by atoms with Crippen LogP contribution in [0.3, 0.4) is 0 Å². The van der Waals surface area contributed by atoms with E-state index < -0.39 is 12.3 Å². The van der Waals surface area contributed by atoms with Crippen LogP contribution in [0.15, 0.2) is 72.8 Å². The zero-order valence-corrected chi connectivity index (χ0v) is 16.8. The Kier molecular flexibility index (Phi) is 6.40. The van der Waals surface area contributed by atoms with E-state index in [0.717, 1.165) is 12.0 Å². The summed E-state index contributed by atoms with van der Waals surface area (Å²) in [5, 5.41) is 9.13. The van der Waals surface area contributed by atoms with Crippen LogP contribution in [0.4, 0.5) is 0 Å². The van der Waals surface area contributed by atoms with Gasteiger partial charge in [0.25, 0.3) is 0 Å². The first-order valence-electron chi connectivity index (χ1n) is 10.0. The number of ether oxygens (including phenoxy) is 3. The Morgan fingerprint density at radius 1 is 0.871 bits per heavy atom. The van der Waals surface area contributed by atoms with Crippen molar-refractivity contribution in [3.63, 3.8) is 0 Å². The molecule has 4 rings (SSSR count). The van der Waals surface area contributed by atoms with Gasteiger partial charge in [0.05, 0.1) is 24.3 Å². The minimum absolute atomic E-state index is 0.115. The molecule has 0 radical (unpaired) electrons. The summed E-state index contributed by atoms with van der Waals surface area (Å²) < 4.78 is 17.5. The molecule has 158 valence electrons. The van der Waals surface area contributed by atoms with Gasteiger partial charge in [-0.25, -0.2) is 4.79 Å². The van der Waals surface area contributed by atoms with Crippen LogP contribution in [0.5, 0.6) is 5.75 Å². The Labute approximate surface area is 180 Å². The number of carbonyl (C=O) groups excluding carboxylic acids is 1. The van der Waals surface area contributed by atoms with Crippen molar-refractivity contribution in [2.75, 3.05) is 13.2 Å². The summed E-state index contributed by atoms with van der Waals surface area (Å²) in [4.78, 5) is 24.6. The van der Waals surface area contributed by atoms with Crippen LogP contribution in [0.2, 0.25) is 0 Å². The lowest BCUT2D eigenvalue weighted by Gasteiger charge is -2.26. The smallest absolute Gasteiger partial charge is 0.335 e. The molecule has 1 fully saturated rings. The van der Waals surface area contributed by atoms with E-state index in [1.54, 1.807) is 18.2 Å². The molecule has 1 heterocycles. The molecule has 3 aromatic rings. The highest BCUT2D eigenvalue weighted by molar-refractivity contribution is 6.12. The molecule has 1 N–H and O–H groups in total. The van der Waals surface area contributed by atoms with E-state index in [-0.39, 0.29) is 11.3 Å². The number of carboxylic acids is 1. The zero-order chi connectivity index (χ0) is 21.6. The van der Waals surface area contributed by atoms with Gasteiger partial charge >= 0.3 is 5.97 Å². The van der Waals surface area contributed by atoms with Gasteiger partial charge in [0.2, 0.25) is 0 Å². The highest BCUT2D eigenvalue weighted by Crippen LogP contribution is 2.33. The predicted octanol–water partition coefficient (Wildman–Crippen LogP) is 4.63. The summed E-state index contributed by atoms with van der Waals surface area (Å²) in [7, 11) is 0. The largest absolute Gasteiger partial charge is 0.488 e. The van der Waals surface area contributed by atoms with Gasteiger partial charge in [-0.3, -0.25) is 4.79 Å². The van der Waals surface area contributed by atoms with Gasteiger partial charge in [0.1, 0.15) is 12.4 Å². The average molecular weight is 418 g/mol. The van der Waals surface area contributed by atoms with E-state index in [0.29, 0.717) is 42.3 Å². The van der Waals surface area contributed by atoms with Gasteiger partial charge in [-0.2, -0.15) is 0 Å². The fourth-order valence-corrected chi connectivity index (χ4v) is 3.42. The van der Waals surface area contributed by atoms with Crippen molar-refractivity contribution < 1.29 is 28.9 Å². The van der Waals surface area contributed by atoms with E-state index in [1.165, 1.54) is 24.3 Å². The Bertz CT molecular complexity index is 1050. The number of benzene rings is 3. The molecule has 0 atom stereocenters. The van der Waals surface area contributed by atoms with E-state index in [1.807, 2.05) is 30.3 Å². The standard InChI is InChI=1S/C25H22O6/c26-23(18-10-12-19(13-11-18)24(27)28)22-20(25-29-14-5-15-30-25)8-4-9-21(22)31-16-17-6-2-1-3-7-17/h1-4,6-13,25H,5,14-16H2,(H,27,28). The summed E-state index contributed by atoms with van der Waals surface area (Å²) in [5.74, 6) is -0.907. The maximum Gasteiger partial charge on any atom is 0.335 e. The van der Waals surface area contributed by atoms with Crippen LogP contribution < -0.4 is 4.74 Å². The van der Waals surface area contributed by atoms with Crippen molar-refractivity contribution in [1.29, 1.82) is 0 Å². The van der Waals surface area contributed by atoms with Crippen LogP contribution in [0, 0.1) is 0 Å². The van der Waals surface area contributed by atoms with E-state index in [4.69, 9.17) is 19.3 Å². The van der Waals surface area contributed by atoms with Gasteiger partial charge in [-0.1, -0.05) is 54.6 Å². The van der Waals surface area contributed by atoms with Crippen LogP contribution in [0.1, 0.15) is 50.1 Å². The number of hydrogen-bond donors (Lipinski definition) is 1. The molecule has 0 unspecified atom stereocenters. The van der Waals surface area contributed by atoms with Gasteiger partial charge in [0.15, 0.2) is 12.1 Å². The SMILES string of the molecule is O=C(O)c1ccc(C(=O)c2c(OCc3ccccc3)cccc2C2OCCCO2)cc1. The molecule has 31 heavy (non-hydrogen) atoms. The molecule has 3 aromatic carbocycles. The zero-order valence-electron chi connectivity index (χ0n) is 16.8. The number of aromatic carboxylic acids is 1. The first kappa shape index (κ1) is 20.8. The van der Waals surface area contributed by atoms with Crippen molar-refractivity contribution in [2.45, 2.75) is 19.3 Å². The van der Waals surface area contributed by atoms with Crippen molar-refractivity contribution in [3.8, 4) is 5.75 Å². The monoisotopic (exact) mass is 418 g/mol. The second kappa shape index (κ2) is 9.55. The molecular formula is C25H22O6. The molecule has 0 aliphatic carbocycles. The van der Waals surface area contributed by atoms with Gasteiger partial charge in [-0.15, -0.1) is 0 Å². The molecule has 1 saturated heterocycles. The maximum atomic E-state index is 13.5. The summed E-state index contributed by atoms with van der Waals surface area (Å²) in [6.45, 7) is 1.39. The first-order chi connectivity index (χ1) is 15.1. The molecule has 0 spiro atoms. The van der Waals surface area contributed by atoms with E-state index >= 15 is 0 Å². The molecule has 0 saturated carbocycles. The lowest BCUT2D eigenvalue weighted by atomic mass is 9.96. The van der Waals surface area contributed by atoms with Gasteiger partial charge < -0.3 is 19.3 Å². The molecule has 0 bridgehead atoms. The number of ketones is 1. The Hall–Kier alpha value is -3.48. The summed E-state index contributed by atoms with van der Waals surface area (Å²) >= 11 is 0. The highest BCUT2D eigenvalue weighted by atomic mass is 16.7. The summed E-state index contributed by atoms with van der Waals surface area (Å²) in [5.41, 5.74) is 2.40. The Morgan fingerprint density at radius 2 is 1.55 bits per heavy atom. The number of carbonyl (C=O) groups is 2. The second-order valence-electron chi connectivity index (χ2n) is 7.13. The van der Waals surface area contributed by atoms with Crippen molar-refractivity contribution in [3.05, 3.63) is 101 Å². The quantitative estimate of drug-likeness (QED) is 0.564. The van der Waals surface area contributed by atoms with Crippen LogP contribution in [-0.2, 0) is 16.1 Å². The van der Waals surface area contributed by atoms with Crippen molar-refractivity contribution in [2.24, 2.45) is 0 Å². The van der Waals surface area contributed by atoms with Crippen molar-refractivity contribution in [1.82, 2.24) is 0 Å². The van der Waals surface area contributed by atoms with Crippen LogP contribution in [0.25, 0.3) is 0 Å². The first-order valence-corrected chi connectivity index (χ1v) is 10.0. The maximum absolute atomic E-state index is 13.5. The van der Waals surface area contributed by atoms with Crippen LogP contribution >= 0.6 is 0 Å². The van der Waals surface area contributed by atoms with Gasteiger partial charge in [0, 0.05) is 11.1 Å².